The zero-order valence-corrected chi connectivity index (χ0v) is 8.31. The molecule has 0 unspecified atom stereocenters. The molecule has 0 bridgehead atoms. The predicted molar refractivity (Wildman–Crippen MR) is 58.7 cm³/mol. The van der Waals surface area contributed by atoms with Gasteiger partial charge in [0.05, 0.1) is 11.4 Å². The summed E-state index contributed by atoms with van der Waals surface area (Å²) in [7, 11) is 0. The van der Waals surface area contributed by atoms with Gasteiger partial charge in [-0.3, -0.25) is 0 Å². The molecule has 0 heterocycles. The minimum Gasteiger partial charge on any atom is -0.397 e. The van der Waals surface area contributed by atoms with E-state index in [2.05, 4.69) is 11.9 Å². The number of nitrogens with two attached hydrogens (primary N) is 1. The van der Waals surface area contributed by atoms with Crippen molar-refractivity contribution in [3.8, 4) is 0 Å². The number of anilines is 2. The Morgan fingerprint density at radius 1 is 1.57 bits per heavy atom. The monoisotopic (exact) mass is 194 g/mol. The quantitative estimate of drug-likeness (QED) is 0.571. The van der Waals surface area contributed by atoms with Crippen molar-refractivity contribution in [2.45, 2.75) is 13.3 Å². The third-order valence-corrected chi connectivity index (χ3v) is 2.06. The summed E-state index contributed by atoms with van der Waals surface area (Å²) in [6.45, 7) is 6.39. The van der Waals surface area contributed by atoms with Gasteiger partial charge in [0.15, 0.2) is 0 Å². The fraction of sp³-hybridized carbons (Fsp3) is 0.273. The lowest BCUT2D eigenvalue weighted by Gasteiger charge is -2.10. The van der Waals surface area contributed by atoms with Crippen LogP contribution in [0.5, 0.6) is 0 Å². The van der Waals surface area contributed by atoms with Crippen LogP contribution in [0.15, 0.2) is 30.4 Å². The first-order chi connectivity index (χ1) is 6.65. The topological polar surface area (TPSA) is 38.0 Å². The van der Waals surface area contributed by atoms with Gasteiger partial charge < -0.3 is 11.1 Å². The largest absolute Gasteiger partial charge is 0.397 e. The second-order valence-electron chi connectivity index (χ2n) is 3.16. The van der Waals surface area contributed by atoms with Crippen LogP contribution in [0.3, 0.4) is 0 Å². The van der Waals surface area contributed by atoms with Crippen molar-refractivity contribution in [1.29, 1.82) is 0 Å². The van der Waals surface area contributed by atoms with Crippen LogP contribution in [0.25, 0.3) is 0 Å². The third-order valence-electron chi connectivity index (χ3n) is 2.06. The molecule has 0 radical (unpaired) electrons. The number of hydrogen-bond donors (Lipinski definition) is 2. The molecule has 3 N–H and O–H groups in total. The van der Waals surface area contributed by atoms with Crippen LogP contribution in [0.2, 0.25) is 0 Å². The zero-order valence-electron chi connectivity index (χ0n) is 8.31. The van der Waals surface area contributed by atoms with Gasteiger partial charge in [-0.2, -0.15) is 0 Å². The average Bonchev–Trinajstić information content (AvgIpc) is 2.16. The van der Waals surface area contributed by atoms with Crippen molar-refractivity contribution in [1.82, 2.24) is 0 Å². The van der Waals surface area contributed by atoms with Crippen LogP contribution in [0, 0.1) is 5.82 Å². The molecule has 0 aromatic heterocycles. The molecule has 0 spiro atoms. The minimum atomic E-state index is -0.325. The van der Waals surface area contributed by atoms with E-state index in [0.29, 0.717) is 17.9 Å². The van der Waals surface area contributed by atoms with E-state index in [1.54, 1.807) is 12.1 Å². The van der Waals surface area contributed by atoms with Crippen molar-refractivity contribution in [2.24, 2.45) is 0 Å². The maximum atomic E-state index is 13.2. The number of halogens is 1. The standard InChI is InChI=1S/C11H15FN2/c1-3-8(2)7-14-11-9(12)5-4-6-10(11)13/h4-6,14H,2-3,7,13H2,1H3. The maximum Gasteiger partial charge on any atom is 0.148 e. The molecule has 0 aliphatic carbocycles. The van der Waals surface area contributed by atoms with E-state index >= 15 is 0 Å². The first kappa shape index (κ1) is 10.6. The summed E-state index contributed by atoms with van der Waals surface area (Å²) in [4.78, 5) is 0. The first-order valence-corrected chi connectivity index (χ1v) is 4.59. The summed E-state index contributed by atoms with van der Waals surface area (Å²) in [5.41, 5.74) is 7.43. The molecule has 76 valence electrons. The van der Waals surface area contributed by atoms with E-state index in [1.165, 1.54) is 6.07 Å². The maximum absolute atomic E-state index is 13.2. The van der Waals surface area contributed by atoms with Crippen molar-refractivity contribution in [3.63, 3.8) is 0 Å². The molecule has 0 aliphatic rings. The highest BCUT2D eigenvalue weighted by Gasteiger charge is 2.04. The van der Waals surface area contributed by atoms with E-state index in [4.69, 9.17) is 5.73 Å². The summed E-state index contributed by atoms with van der Waals surface area (Å²) in [6.07, 6.45) is 0.876. The van der Waals surface area contributed by atoms with Gasteiger partial charge in [-0.1, -0.05) is 25.1 Å². The molecule has 3 heteroatoms. The predicted octanol–water partition coefficient (Wildman–Crippen LogP) is 2.79. The van der Waals surface area contributed by atoms with Gasteiger partial charge in [0, 0.05) is 6.54 Å². The average molecular weight is 194 g/mol. The summed E-state index contributed by atoms with van der Waals surface area (Å²) < 4.78 is 13.2. The summed E-state index contributed by atoms with van der Waals surface area (Å²) in [5, 5.41) is 2.93. The Bertz CT molecular complexity index is 314. The van der Waals surface area contributed by atoms with Crippen molar-refractivity contribution in [2.75, 3.05) is 17.6 Å². The molecule has 0 aliphatic heterocycles. The molecular formula is C11H15FN2. The Morgan fingerprint density at radius 2 is 2.29 bits per heavy atom. The number of nitrogen functional groups attached to an aromatic ring is 1. The molecule has 1 rings (SSSR count). The Kier molecular flexibility index (Phi) is 3.51. The van der Waals surface area contributed by atoms with Crippen LogP contribution in [-0.4, -0.2) is 6.54 Å². The molecule has 1 aromatic carbocycles. The van der Waals surface area contributed by atoms with Gasteiger partial charge in [0.25, 0.3) is 0 Å². The first-order valence-electron chi connectivity index (χ1n) is 4.59. The van der Waals surface area contributed by atoms with Gasteiger partial charge in [-0.15, -0.1) is 0 Å². The van der Waals surface area contributed by atoms with Crippen LogP contribution < -0.4 is 11.1 Å². The van der Waals surface area contributed by atoms with Gasteiger partial charge in [0.1, 0.15) is 5.82 Å². The minimum absolute atomic E-state index is 0.325. The van der Waals surface area contributed by atoms with Gasteiger partial charge >= 0.3 is 0 Å². The molecule has 0 saturated heterocycles. The second-order valence-corrected chi connectivity index (χ2v) is 3.16. The Labute approximate surface area is 83.6 Å². The van der Waals surface area contributed by atoms with E-state index < -0.39 is 0 Å². The SMILES string of the molecule is C=C(CC)CNc1c(N)cccc1F. The number of hydrogen-bond acceptors (Lipinski definition) is 2. The molecule has 0 atom stereocenters. The van der Waals surface area contributed by atoms with E-state index in [-0.39, 0.29) is 5.82 Å². The van der Waals surface area contributed by atoms with Crippen molar-refractivity contribution < 1.29 is 4.39 Å². The molecule has 14 heavy (non-hydrogen) atoms. The highest BCUT2D eigenvalue weighted by atomic mass is 19.1. The fourth-order valence-corrected chi connectivity index (χ4v) is 1.07. The van der Waals surface area contributed by atoms with Crippen LogP contribution in [0.4, 0.5) is 15.8 Å². The van der Waals surface area contributed by atoms with E-state index in [1.807, 2.05) is 6.92 Å². The Hall–Kier alpha value is -1.51. The Balaban J connectivity index is 2.71. The molecular weight excluding hydrogens is 179 g/mol. The smallest absolute Gasteiger partial charge is 0.148 e. The van der Waals surface area contributed by atoms with Gasteiger partial charge in [-0.25, -0.2) is 4.39 Å². The molecule has 2 nitrogen and oxygen atoms in total. The lowest BCUT2D eigenvalue weighted by molar-refractivity contribution is 0.631. The van der Waals surface area contributed by atoms with E-state index in [9.17, 15) is 4.39 Å². The van der Waals surface area contributed by atoms with Gasteiger partial charge in [-0.05, 0) is 18.6 Å². The molecule has 0 amide bonds. The summed E-state index contributed by atoms with van der Waals surface area (Å²) >= 11 is 0. The Morgan fingerprint density at radius 3 is 2.86 bits per heavy atom. The van der Waals surface area contributed by atoms with Gasteiger partial charge in [0.2, 0.25) is 0 Å². The highest BCUT2D eigenvalue weighted by molar-refractivity contribution is 5.66. The number of nitrogens with one attached hydrogen (secondary N) is 1. The van der Waals surface area contributed by atoms with Crippen molar-refractivity contribution >= 4 is 11.4 Å². The zero-order chi connectivity index (χ0) is 10.6. The molecule has 0 fully saturated rings. The number of para-hydroxylation sites is 1. The summed E-state index contributed by atoms with van der Waals surface area (Å²) in [6, 6.07) is 4.64. The van der Waals surface area contributed by atoms with E-state index in [0.717, 1.165) is 12.0 Å². The lowest BCUT2D eigenvalue weighted by Crippen LogP contribution is -2.07. The normalized spacial score (nSPS) is 9.86. The number of rotatable bonds is 4. The van der Waals surface area contributed by atoms with Crippen molar-refractivity contribution in [3.05, 3.63) is 36.2 Å². The fourth-order valence-electron chi connectivity index (χ4n) is 1.07. The lowest BCUT2D eigenvalue weighted by atomic mass is 10.2. The van der Waals surface area contributed by atoms with Crippen LogP contribution in [0.1, 0.15) is 13.3 Å². The third kappa shape index (κ3) is 2.49. The molecule has 0 saturated carbocycles. The summed E-state index contributed by atoms with van der Waals surface area (Å²) in [5.74, 6) is -0.325. The van der Waals surface area contributed by atoms with Crippen LogP contribution >= 0.6 is 0 Å². The molecule has 1 aromatic rings. The number of benzene rings is 1. The van der Waals surface area contributed by atoms with Crippen LogP contribution in [-0.2, 0) is 0 Å². The second kappa shape index (κ2) is 4.65. The highest BCUT2D eigenvalue weighted by Crippen LogP contribution is 2.21.